The molecular weight excluding hydrogens is 294 g/mol. The highest BCUT2D eigenvalue weighted by molar-refractivity contribution is 5.95. The van der Waals surface area contributed by atoms with E-state index < -0.39 is 4.92 Å². The summed E-state index contributed by atoms with van der Waals surface area (Å²) in [4.78, 5) is 33.9. The third kappa shape index (κ3) is 2.83. The van der Waals surface area contributed by atoms with Crippen LogP contribution in [0.4, 0.5) is 5.69 Å². The predicted octanol–water partition coefficient (Wildman–Crippen LogP) is 3.44. The van der Waals surface area contributed by atoms with Gasteiger partial charge in [-0.05, 0) is 48.7 Å². The zero-order valence-electron chi connectivity index (χ0n) is 13.0. The highest BCUT2D eigenvalue weighted by Gasteiger charge is 2.42. The number of carbonyl (C=O) groups is 2. The maximum atomic E-state index is 12.0. The van der Waals surface area contributed by atoms with E-state index in [9.17, 15) is 19.7 Å². The van der Waals surface area contributed by atoms with Crippen LogP contribution in [0.1, 0.15) is 37.7 Å². The van der Waals surface area contributed by atoms with E-state index in [2.05, 4.69) is 0 Å². The summed E-state index contributed by atoms with van der Waals surface area (Å²) < 4.78 is 0. The van der Waals surface area contributed by atoms with Crippen LogP contribution in [0.25, 0.3) is 0 Å². The van der Waals surface area contributed by atoms with Crippen LogP contribution in [0.2, 0.25) is 0 Å². The lowest BCUT2D eigenvalue weighted by atomic mass is 9.61. The number of aldehydes is 1. The molecule has 0 heterocycles. The largest absolute Gasteiger partial charge is 0.303 e. The number of nitro groups is 1. The molecule has 2 aliphatic rings. The molecule has 3 rings (SSSR count). The summed E-state index contributed by atoms with van der Waals surface area (Å²) >= 11 is 0. The van der Waals surface area contributed by atoms with Crippen LogP contribution in [0.5, 0.6) is 0 Å². The first-order valence-corrected chi connectivity index (χ1v) is 7.92. The van der Waals surface area contributed by atoms with Gasteiger partial charge in [0.05, 0.1) is 4.92 Å². The van der Waals surface area contributed by atoms with Gasteiger partial charge in [-0.15, -0.1) is 0 Å². The van der Waals surface area contributed by atoms with Crippen molar-refractivity contribution in [3.63, 3.8) is 0 Å². The Hall–Kier alpha value is -2.30. The average Bonchev–Trinajstić information content (AvgIpc) is 2.55. The van der Waals surface area contributed by atoms with Crippen LogP contribution in [-0.4, -0.2) is 17.0 Å². The fourth-order valence-corrected chi connectivity index (χ4v) is 4.06. The maximum Gasteiger partial charge on any atom is 0.269 e. The summed E-state index contributed by atoms with van der Waals surface area (Å²) in [6, 6.07) is 6.49. The van der Waals surface area contributed by atoms with Gasteiger partial charge >= 0.3 is 0 Å². The number of hydrogen-bond donors (Lipinski definition) is 0. The Balaban J connectivity index is 1.99. The van der Waals surface area contributed by atoms with Crippen molar-refractivity contribution in [3.05, 3.63) is 51.6 Å². The number of hydrogen-bond acceptors (Lipinski definition) is 4. The second kappa shape index (κ2) is 6.07. The molecule has 0 bridgehead atoms. The highest BCUT2D eigenvalue weighted by Crippen LogP contribution is 2.48. The van der Waals surface area contributed by atoms with Gasteiger partial charge in [-0.25, -0.2) is 0 Å². The van der Waals surface area contributed by atoms with Crippen LogP contribution in [0, 0.1) is 27.9 Å². The molecule has 23 heavy (non-hydrogen) atoms. The topological polar surface area (TPSA) is 77.3 Å². The molecule has 1 aromatic carbocycles. The summed E-state index contributed by atoms with van der Waals surface area (Å²) in [6.45, 7) is 1.83. The van der Waals surface area contributed by atoms with Crippen molar-refractivity contribution in [1.82, 2.24) is 0 Å². The van der Waals surface area contributed by atoms with Gasteiger partial charge in [0, 0.05) is 24.5 Å². The van der Waals surface area contributed by atoms with Crippen molar-refractivity contribution in [2.24, 2.45) is 17.8 Å². The number of nitrogens with zero attached hydrogens (tertiary/aromatic N) is 1. The lowest BCUT2D eigenvalue weighted by Crippen LogP contribution is -2.36. The Morgan fingerprint density at radius 2 is 1.91 bits per heavy atom. The summed E-state index contributed by atoms with van der Waals surface area (Å²) in [6.07, 6.45) is 5.21. The smallest absolute Gasteiger partial charge is 0.269 e. The first-order valence-electron chi connectivity index (χ1n) is 7.92. The second-order valence-corrected chi connectivity index (χ2v) is 6.57. The van der Waals surface area contributed by atoms with Crippen LogP contribution in [0.3, 0.4) is 0 Å². The zero-order valence-corrected chi connectivity index (χ0v) is 13.0. The number of non-ortho nitro benzene ring substituents is 1. The van der Waals surface area contributed by atoms with Crippen molar-refractivity contribution in [2.45, 2.75) is 32.1 Å². The molecule has 1 saturated carbocycles. The number of rotatable bonds is 3. The van der Waals surface area contributed by atoms with E-state index in [4.69, 9.17) is 0 Å². The second-order valence-electron chi connectivity index (χ2n) is 6.57. The summed E-state index contributed by atoms with van der Waals surface area (Å²) in [5, 5.41) is 10.8. The van der Waals surface area contributed by atoms with E-state index in [-0.39, 0.29) is 35.1 Å². The number of carbonyl (C=O) groups excluding carboxylic acids is 2. The molecule has 0 radical (unpaired) electrons. The molecule has 0 amide bonds. The summed E-state index contributed by atoms with van der Waals surface area (Å²) in [5.41, 5.74) is 1.76. The maximum absolute atomic E-state index is 12.0. The van der Waals surface area contributed by atoms with Gasteiger partial charge in [-0.3, -0.25) is 14.9 Å². The van der Waals surface area contributed by atoms with Crippen LogP contribution in [0.15, 0.2) is 35.9 Å². The number of allylic oxidation sites excluding steroid dienone is 2. The quantitative estimate of drug-likeness (QED) is 0.486. The fourth-order valence-electron chi connectivity index (χ4n) is 4.06. The number of fused-ring (bicyclic) bond motifs is 1. The van der Waals surface area contributed by atoms with Gasteiger partial charge in [0.25, 0.3) is 5.69 Å². The standard InChI is InChI=1S/C18H19NO4/c1-11-8-16-13(9-17(11)21)2-3-14(10-20)18(16)12-4-6-15(7-5-12)19(22)23/h4-8,10,13-14,16,18H,2-3,9H2,1H3/t13-,14-,16-,18-/m0/s1. The number of nitro benzene ring substituents is 1. The number of benzene rings is 1. The lowest BCUT2D eigenvalue weighted by Gasteiger charge is -2.42. The molecule has 0 aliphatic heterocycles. The first kappa shape index (κ1) is 15.6. The Kier molecular flexibility index (Phi) is 4.11. The molecule has 5 nitrogen and oxygen atoms in total. The van der Waals surface area contributed by atoms with E-state index in [1.165, 1.54) is 12.1 Å². The molecule has 0 aromatic heterocycles. The minimum Gasteiger partial charge on any atom is -0.303 e. The van der Waals surface area contributed by atoms with Crippen molar-refractivity contribution in [3.8, 4) is 0 Å². The van der Waals surface area contributed by atoms with E-state index in [0.29, 0.717) is 6.42 Å². The van der Waals surface area contributed by atoms with E-state index in [1.54, 1.807) is 12.1 Å². The minimum absolute atomic E-state index is 0.00453. The normalized spacial score (nSPS) is 30.3. The van der Waals surface area contributed by atoms with Gasteiger partial charge in [0.1, 0.15) is 6.29 Å². The van der Waals surface area contributed by atoms with Crippen molar-refractivity contribution in [2.75, 3.05) is 0 Å². The SMILES string of the molecule is CC1=C[C@H]2[C@@H](CC[C@@H](C=O)[C@@H]2c2ccc([N+](=O)[O-])cc2)CC1=O. The minimum atomic E-state index is -0.423. The Morgan fingerprint density at radius 1 is 1.22 bits per heavy atom. The van der Waals surface area contributed by atoms with E-state index in [0.717, 1.165) is 30.3 Å². The third-order valence-corrected chi connectivity index (χ3v) is 5.28. The molecular formula is C18H19NO4. The molecule has 2 aliphatic carbocycles. The molecule has 120 valence electrons. The molecule has 1 fully saturated rings. The Morgan fingerprint density at radius 3 is 2.52 bits per heavy atom. The van der Waals surface area contributed by atoms with Crippen molar-refractivity contribution in [1.29, 1.82) is 0 Å². The number of Topliss-reactive ketones (excluding diaryl/α,β-unsaturated/α-hetero) is 1. The molecule has 0 N–H and O–H groups in total. The van der Waals surface area contributed by atoms with Crippen LogP contribution < -0.4 is 0 Å². The molecule has 0 spiro atoms. The Bertz CT molecular complexity index is 677. The molecule has 0 unspecified atom stereocenters. The fraction of sp³-hybridized carbons (Fsp3) is 0.444. The highest BCUT2D eigenvalue weighted by atomic mass is 16.6. The molecule has 1 aromatic rings. The van der Waals surface area contributed by atoms with E-state index in [1.807, 2.05) is 13.0 Å². The van der Waals surface area contributed by atoms with Crippen molar-refractivity contribution >= 4 is 17.8 Å². The molecule has 0 saturated heterocycles. The monoisotopic (exact) mass is 313 g/mol. The predicted molar refractivity (Wildman–Crippen MR) is 85.0 cm³/mol. The van der Waals surface area contributed by atoms with Gasteiger partial charge in [-0.2, -0.15) is 0 Å². The van der Waals surface area contributed by atoms with Crippen LogP contribution >= 0.6 is 0 Å². The molecule has 5 heteroatoms. The average molecular weight is 313 g/mol. The molecule has 4 atom stereocenters. The van der Waals surface area contributed by atoms with Crippen molar-refractivity contribution < 1.29 is 14.5 Å². The first-order chi connectivity index (χ1) is 11.0. The van der Waals surface area contributed by atoms with Gasteiger partial charge in [0.15, 0.2) is 5.78 Å². The van der Waals surface area contributed by atoms with Gasteiger partial charge in [0.2, 0.25) is 0 Å². The number of ketones is 1. The summed E-state index contributed by atoms with van der Waals surface area (Å²) in [7, 11) is 0. The lowest BCUT2D eigenvalue weighted by molar-refractivity contribution is -0.384. The van der Waals surface area contributed by atoms with Crippen LogP contribution in [-0.2, 0) is 9.59 Å². The zero-order chi connectivity index (χ0) is 16.6. The Labute approximate surface area is 134 Å². The van der Waals surface area contributed by atoms with Gasteiger partial charge in [-0.1, -0.05) is 18.2 Å². The van der Waals surface area contributed by atoms with E-state index >= 15 is 0 Å². The summed E-state index contributed by atoms with van der Waals surface area (Å²) in [5.74, 6) is 0.504. The third-order valence-electron chi connectivity index (χ3n) is 5.28. The van der Waals surface area contributed by atoms with Gasteiger partial charge < -0.3 is 4.79 Å².